The van der Waals surface area contributed by atoms with Crippen molar-refractivity contribution in [1.29, 1.82) is 0 Å². The van der Waals surface area contributed by atoms with Crippen LogP contribution in [0.2, 0.25) is 0 Å². The molecule has 2 atom stereocenters. The summed E-state index contributed by atoms with van der Waals surface area (Å²) in [5.74, 6) is -1.76. The van der Waals surface area contributed by atoms with Crippen LogP contribution >= 0.6 is 0 Å². The fourth-order valence-corrected chi connectivity index (χ4v) is 3.39. The molecule has 3 rings (SSSR count). The molecule has 0 unspecified atom stereocenters. The molecule has 0 spiro atoms. The van der Waals surface area contributed by atoms with E-state index < -0.39 is 28.7 Å². The summed E-state index contributed by atoms with van der Waals surface area (Å²) >= 11 is 0. The van der Waals surface area contributed by atoms with E-state index in [0.717, 1.165) is 0 Å². The summed E-state index contributed by atoms with van der Waals surface area (Å²) in [6.07, 6.45) is 0.0607. The number of fused-ring (bicyclic) bond motifs is 1. The maximum absolute atomic E-state index is 12.3. The van der Waals surface area contributed by atoms with Gasteiger partial charge in [0.2, 0.25) is 0 Å². The van der Waals surface area contributed by atoms with Gasteiger partial charge in [0.15, 0.2) is 6.61 Å². The smallest absolute Gasteiger partial charge is 0.312 e. The first kappa shape index (κ1) is 16.1. The average Bonchev–Trinajstić information content (AvgIpc) is 3.11. The first-order valence-electron chi connectivity index (χ1n) is 7.36. The number of carbonyl (C=O) groups is 3. The molecule has 1 amide bonds. The van der Waals surface area contributed by atoms with Crippen molar-refractivity contribution in [1.82, 2.24) is 4.90 Å². The minimum absolute atomic E-state index is 0.0607. The molecule has 1 saturated carbocycles. The number of nitrogens with zero attached hydrogens (tertiary/aromatic N) is 1. The van der Waals surface area contributed by atoms with Crippen LogP contribution in [-0.2, 0) is 14.4 Å². The van der Waals surface area contributed by atoms with Crippen LogP contribution in [0.3, 0.4) is 0 Å². The van der Waals surface area contributed by atoms with Crippen molar-refractivity contribution in [2.45, 2.75) is 6.42 Å². The summed E-state index contributed by atoms with van der Waals surface area (Å²) in [6, 6.07) is 6.72. The van der Waals surface area contributed by atoms with E-state index in [4.69, 9.17) is 9.47 Å². The minimum atomic E-state index is -1.37. The van der Waals surface area contributed by atoms with Gasteiger partial charge in [0.25, 0.3) is 5.91 Å². The fraction of sp³-hybridized carbons (Fsp3) is 0.438. The lowest BCUT2D eigenvalue weighted by atomic mass is 9.97. The summed E-state index contributed by atoms with van der Waals surface area (Å²) in [6.45, 7) is -0.498. The van der Waals surface area contributed by atoms with E-state index in [1.165, 1.54) is 12.0 Å². The third kappa shape index (κ3) is 2.26. The molecule has 0 radical (unpaired) electrons. The highest BCUT2D eigenvalue weighted by Crippen LogP contribution is 2.68. The molecule has 2 N–H and O–H groups in total. The van der Waals surface area contributed by atoms with Crippen LogP contribution in [0.5, 0.6) is 11.5 Å². The second-order valence-corrected chi connectivity index (χ2v) is 6.17. The molecule has 1 heterocycles. The molecule has 1 saturated heterocycles. The molecule has 2 aliphatic rings. The first-order chi connectivity index (χ1) is 11.3. The largest absolute Gasteiger partial charge is 0.497 e. The molecule has 24 heavy (non-hydrogen) atoms. The second kappa shape index (κ2) is 5.40. The molecule has 0 bridgehead atoms. The summed E-state index contributed by atoms with van der Waals surface area (Å²) in [7, 11) is 1.51. The number of amides is 1. The van der Waals surface area contributed by atoms with E-state index >= 15 is 0 Å². The van der Waals surface area contributed by atoms with E-state index in [2.05, 4.69) is 0 Å². The van der Waals surface area contributed by atoms with Crippen molar-refractivity contribution in [3.63, 3.8) is 0 Å². The molecular weight excluding hydrogens is 318 g/mol. The van der Waals surface area contributed by atoms with Gasteiger partial charge >= 0.3 is 11.9 Å². The standard InChI is InChI=1S/C16H17NO7/c1-23-10-3-2-4-11(5-10)24-6-12(18)17-8-15(13(19)20)7-16(15,9-17)14(21)22/h2-5H,6-9H2,1H3,(H,19,20)(H,21,22)/t15-,16+. The van der Waals surface area contributed by atoms with Gasteiger partial charge in [0, 0.05) is 19.2 Å². The van der Waals surface area contributed by atoms with Crippen LogP contribution < -0.4 is 9.47 Å². The summed E-state index contributed by atoms with van der Waals surface area (Å²) in [5.41, 5.74) is -2.74. The summed E-state index contributed by atoms with van der Waals surface area (Å²) in [4.78, 5) is 36.4. The monoisotopic (exact) mass is 335 g/mol. The molecule has 1 aliphatic heterocycles. The zero-order valence-electron chi connectivity index (χ0n) is 13.0. The zero-order valence-corrected chi connectivity index (χ0v) is 13.0. The first-order valence-corrected chi connectivity index (χ1v) is 7.36. The van der Waals surface area contributed by atoms with E-state index in [9.17, 15) is 24.6 Å². The van der Waals surface area contributed by atoms with Crippen molar-refractivity contribution in [2.24, 2.45) is 10.8 Å². The van der Waals surface area contributed by atoms with Gasteiger partial charge in [-0.15, -0.1) is 0 Å². The average molecular weight is 335 g/mol. The van der Waals surface area contributed by atoms with Gasteiger partial charge in [-0.05, 0) is 18.6 Å². The molecular formula is C16H17NO7. The van der Waals surface area contributed by atoms with Crippen molar-refractivity contribution in [2.75, 3.05) is 26.8 Å². The number of hydrogen-bond acceptors (Lipinski definition) is 5. The predicted molar refractivity (Wildman–Crippen MR) is 79.8 cm³/mol. The van der Waals surface area contributed by atoms with Crippen molar-refractivity contribution in [3.8, 4) is 11.5 Å². The van der Waals surface area contributed by atoms with Crippen molar-refractivity contribution in [3.05, 3.63) is 24.3 Å². The molecule has 1 aromatic carbocycles. The highest BCUT2D eigenvalue weighted by atomic mass is 16.5. The quantitative estimate of drug-likeness (QED) is 0.776. The van der Waals surface area contributed by atoms with Crippen molar-refractivity contribution < 1.29 is 34.1 Å². The third-order valence-electron chi connectivity index (χ3n) is 4.89. The summed E-state index contributed by atoms with van der Waals surface area (Å²) in [5, 5.41) is 18.7. The van der Waals surface area contributed by atoms with Gasteiger partial charge in [-0.2, -0.15) is 0 Å². The van der Waals surface area contributed by atoms with Crippen LogP contribution in [0.4, 0.5) is 0 Å². The number of methoxy groups -OCH3 is 1. The number of piperidine rings is 1. The number of carbonyl (C=O) groups excluding carboxylic acids is 1. The molecule has 0 aromatic heterocycles. The lowest BCUT2D eigenvalue weighted by molar-refractivity contribution is -0.151. The number of hydrogen-bond donors (Lipinski definition) is 2. The Morgan fingerprint density at radius 2 is 1.71 bits per heavy atom. The Morgan fingerprint density at radius 3 is 2.25 bits per heavy atom. The van der Waals surface area contributed by atoms with Gasteiger partial charge in [-0.25, -0.2) is 0 Å². The van der Waals surface area contributed by atoms with Crippen molar-refractivity contribution >= 4 is 17.8 Å². The van der Waals surface area contributed by atoms with Crippen LogP contribution in [0.15, 0.2) is 24.3 Å². The highest BCUT2D eigenvalue weighted by molar-refractivity contribution is 5.96. The highest BCUT2D eigenvalue weighted by Gasteiger charge is 2.81. The number of aliphatic carboxylic acids is 2. The van der Waals surface area contributed by atoms with E-state index in [0.29, 0.717) is 11.5 Å². The Balaban J connectivity index is 1.65. The maximum atomic E-state index is 12.3. The van der Waals surface area contributed by atoms with Gasteiger partial charge in [0.1, 0.15) is 22.3 Å². The fourth-order valence-electron chi connectivity index (χ4n) is 3.39. The van der Waals surface area contributed by atoms with Gasteiger partial charge < -0.3 is 24.6 Å². The maximum Gasteiger partial charge on any atom is 0.312 e. The lowest BCUT2D eigenvalue weighted by Gasteiger charge is -2.20. The molecule has 2 fully saturated rings. The number of carboxylic acids is 2. The molecule has 8 nitrogen and oxygen atoms in total. The normalized spacial score (nSPS) is 27.3. The zero-order chi connectivity index (χ0) is 17.5. The Kier molecular flexibility index (Phi) is 3.62. The number of benzene rings is 1. The Labute approximate surface area is 137 Å². The topological polar surface area (TPSA) is 113 Å². The van der Waals surface area contributed by atoms with E-state index in [1.54, 1.807) is 24.3 Å². The van der Waals surface area contributed by atoms with Gasteiger partial charge in [0.05, 0.1) is 7.11 Å². The Bertz CT molecular complexity index is 690. The second-order valence-electron chi connectivity index (χ2n) is 6.17. The SMILES string of the molecule is COc1cccc(OCC(=O)N2C[C@@]3(C(=O)O)C[C@@]3(C(=O)O)C2)c1. The van der Waals surface area contributed by atoms with Crippen LogP contribution in [0.25, 0.3) is 0 Å². The molecule has 128 valence electrons. The molecule has 8 heteroatoms. The van der Waals surface area contributed by atoms with Gasteiger partial charge in [-0.3, -0.25) is 14.4 Å². The van der Waals surface area contributed by atoms with Crippen LogP contribution in [0.1, 0.15) is 6.42 Å². The predicted octanol–water partition coefficient (Wildman–Crippen LogP) is 0.462. The van der Waals surface area contributed by atoms with Gasteiger partial charge in [-0.1, -0.05) is 6.07 Å². The summed E-state index contributed by atoms with van der Waals surface area (Å²) < 4.78 is 10.4. The van der Waals surface area contributed by atoms with Crippen LogP contribution in [0, 0.1) is 10.8 Å². The number of rotatable bonds is 6. The Hall–Kier alpha value is -2.77. The number of ether oxygens (including phenoxy) is 2. The van der Waals surface area contributed by atoms with E-state index in [1.807, 2.05) is 0 Å². The van der Waals surface area contributed by atoms with Crippen LogP contribution in [-0.4, -0.2) is 59.8 Å². The lowest BCUT2D eigenvalue weighted by Crippen LogP contribution is -2.37. The third-order valence-corrected chi connectivity index (χ3v) is 4.89. The number of carboxylic acid groups (broad SMARTS) is 2. The Morgan fingerprint density at radius 1 is 1.12 bits per heavy atom. The molecule has 1 aromatic rings. The van der Waals surface area contributed by atoms with E-state index in [-0.39, 0.29) is 26.1 Å². The molecule has 1 aliphatic carbocycles. The number of likely N-dealkylation sites (tertiary alicyclic amines) is 1. The minimum Gasteiger partial charge on any atom is -0.497 e.